The lowest BCUT2D eigenvalue weighted by atomic mass is 9.72. The van der Waals surface area contributed by atoms with E-state index in [1.165, 1.54) is 12.8 Å². The van der Waals surface area contributed by atoms with Crippen LogP contribution in [0.25, 0.3) is 0 Å². The molecule has 1 aliphatic carbocycles. The zero-order chi connectivity index (χ0) is 15.9. The molecule has 0 aromatic carbocycles. The lowest BCUT2D eigenvalue weighted by Crippen LogP contribution is -2.59. The Kier molecular flexibility index (Phi) is 7.67. The highest BCUT2D eigenvalue weighted by Gasteiger charge is 2.40. The summed E-state index contributed by atoms with van der Waals surface area (Å²) in [5, 5.41) is 3.52. The van der Waals surface area contributed by atoms with E-state index in [2.05, 4.69) is 37.9 Å². The molecule has 0 aliphatic heterocycles. The van der Waals surface area contributed by atoms with Crippen molar-refractivity contribution in [1.29, 1.82) is 0 Å². The van der Waals surface area contributed by atoms with Crippen molar-refractivity contribution in [1.82, 2.24) is 10.2 Å². The van der Waals surface area contributed by atoms with Crippen molar-refractivity contribution in [2.75, 3.05) is 26.2 Å². The molecule has 0 bridgehead atoms. The Balaban J connectivity index is 2.59. The van der Waals surface area contributed by atoms with Gasteiger partial charge in [-0.15, -0.1) is 0 Å². The first-order valence-electron chi connectivity index (χ1n) is 8.70. The van der Waals surface area contributed by atoms with E-state index in [1.807, 2.05) is 0 Å². The molecule has 1 aliphatic rings. The van der Waals surface area contributed by atoms with E-state index >= 15 is 0 Å². The van der Waals surface area contributed by atoms with Gasteiger partial charge in [-0.25, -0.2) is 0 Å². The summed E-state index contributed by atoms with van der Waals surface area (Å²) >= 11 is 0. The van der Waals surface area contributed by atoms with E-state index < -0.39 is 5.54 Å². The van der Waals surface area contributed by atoms with Crippen LogP contribution in [-0.2, 0) is 4.79 Å². The van der Waals surface area contributed by atoms with Gasteiger partial charge in [0.05, 0.1) is 5.54 Å². The van der Waals surface area contributed by atoms with Gasteiger partial charge in [0.2, 0.25) is 5.91 Å². The number of carbonyl (C=O) groups is 1. The highest BCUT2D eigenvalue weighted by Crippen LogP contribution is 2.35. The number of hydrogen-bond acceptors (Lipinski definition) is 3. The van der Waals surface area contributed by atoms with Crippen molar-refractivity contribution in [2.24, 2.45) is 17.6 Å². The van der Waals surface area contributed by atoms with E-state index in [-0.39, 0.29) is 5.91 Å². The molecule has 0 spiro atoms. The van der Waals surface area contributed by atoms with Crippen LogP contribution in [0.15, 0.2) is 0 Å². The zero-order valence-corrected chi connectivity index (χ0v) is 14.5. The molecule has 4 nitrogen and oxygen atoms in total. The Morgan fingerprint density at radius 1 is 1.38 bits per heavy atom. The fourth-order valence-electron chi connectivity index (χ4n) is 3.72. The average molecular weight is 297 g/mol. The molecule has 3 N–H and O–H groups in total. The molecule has 1 rings (SSSR count). The van der Waals surface area contributed by atoms with Gasteiger partial charge in [0.1, 0.15) is 0 Å². The summed E-state index contributed by atoms with van der Waals surface area (Å²) in [5.74, 6) is 1.16. The third-order valence-corrected chi connectivity index (χ3v) is 4.92. The quantitative estimate of drug-likeness (QED) is 0.687. The van der Waals surface area contributed by atoms with Crippen LogP contribution in [0.5, 0.6) is 0 Å². The highest BCUT2D eigenvalue weighted by atomic mass is 16.1. The minimum absolute atomic E-state index is 0.157. The fourth-order valence-corrected chi connectivity index (χ4v) is 3.72. The summed E-state index contributed by atoms with van der Waals surface area (Å²) < 4.78 is 0. The molecule has 21 heavy (non-hydrogen) atoms. The zero-order valence-electron chi connectivity index (χ0n) is 14.5. The van der Waals surface area contributed by atoms with Gasteiger partial charge in [-0.2, -0.15) is 0 Å². The summed E-state index contributed by atoms with van der Waals surface area (Å²) in [6.45, 7) is 12.8. The molecule has 2 unspecified atom stereocenters. The number of carbonyl (C=O) groups excluding carboxylic acids is 1. The Hall–Kier alpha value is -0.610. The summed E-state index contributed by atoms with van der Waals surface area (Å²) in [6, 6.07) is 0. The Morgan fingerprint density at radius 2 is 2.05 bits per heavy atom. The van der Waals surface area contributed by atoms with Gasteiger partial charge in [-0.1, -0.05) is 40.5 Å². The number of nitrogens with one attached hydrogen (secondary N) is 1. The minimum atomic E-state index is -0.467. The van der Waals surface area contributed by atoms with E-state index in [0.717, 1.165) is 45.4 Å². The summed E-state index contributed by atoms with van der Waals surface area (Å²) in [7, 11) is 0. The van der Waals surface area contributed by atoms with Crippen molar-refractivity contribution in [3.63, 3.8) is 0 Å². The molecule has 0 saturated heterocycles. The van der Waals surface area contributed by atoms with Gasteiger partial charge in [0.25, 0.3) is 0 Å². The number of hydrogen-bond donors (Lipinski definition) is 2. The maximum absolute atomic E-state index is 12.1. The number of primary amides is 1. The average Bonchev–Trinajstić information content (AvgIpc) is 2.43. The van der Waals surface area contributed by atoms with Crippen LogP contribution >= 0.6 is 0 Å². The second kappa shape index (κ2) is 8.74. The third-order valence-electron chi connectivity index (χ3n) is 4.92. The first kappa shape index (κ1) is 18.4. The van der Waals surface area contributed by atoms with Crippen LogP contribution in [0.4, 0.5) is 0 Å². The van der Waals surface area contributed by atoms with Crippen molar-refractivity contribution in [3.8, 4) is 0 Å². The van der Waals surface area contributed by atoms with Crippen LogP contribution in [-0.4, -0.2) is 42.5 Å². The number of nitrogens with two attached hydrogens (primary N) is 1. The summed E-state index contributed by atoms with van der Waals surface area (Å²) in [4.78, 5) is 14.4. The summed E-state index contributed by atoms with van der Waals surface area (Å²) in [6.07, 6.45) is 5.37. The van der Waals surface area contributed by atoms with Gasteiger partial charge in [0.15, 0.2) is 0 Å². The van der Waals surface area contributed by atoms with Crippen molar-refractivity contribution < 1.29 is 4.79 Å². The second-order valence-corrected chi connectivity index (χ2v) is 6.99. The molecule has 0 aromatic heterocycles. The van der Waals surface area contributed by atoms with Gasteiger partial charge in [-0.05, 0) is 44.2 Å². The predicted molar refractivity (Wildman–Crippen MR) is 89.1 cm³/mol. The largest absolute Gasteiger partial charge is 0.368 e. The first-order valence-corrected chi connectivity index (χ1v) is 8.70. The molecular weight excluding hydrogens is 262 g/mol. The van der Waals surface area contributed by atoms with Crippen LogP contribution in [0.1, 0.15) is 59.8 Å². The maximum atomic E-state index is 12.1. The fraction of sp³-hybridized carbons (Fsp3) is 0.941. The van der Waals surface area contributed by atoms with Gasteiger partial charge in [0, 0.05) is 13.1 Å². The number of likely N-dealkylation sites (N-methyl/N-ethyl adjacent to an activating group) is 1. The second-order valence-electron chi connectivity index (χ2n) is 6.99. The normalized spacial score (nSPS) is 26.5. The van der Waals surface area contributed by atoms with Crippen molar-refractivity contribution in [3.05, 3.63) is 0 Å². The first-order chi connectivity index (χ1) is 9.93. The molecule has 1 saturated carbocycles. The molecule has 0 aromatic rings. The van der Waals surface area contributed by atoms with E-state index in [9.17, 15) is 4.79 Å². The Labute approximate surface area is 130 Å². The van der Waals surface area contributed by atoms with Gasteiger partial charge in [-0.3, -0.25) is 4.79 Å². The topological polar surface area (TPSA) is 58.4 Å². The van der Waals surface area contributed by atoms with Crippen LogP contribution in [0.3, 0.4) is 0 Å². The van der Waals surface area contributed by atoms with Gasteiger partial charge >= 0.3 is 0 Å². The molecule has 2 atom stereocenters. The monoisotopic (exact) mass is 297 g/mol. The Bertz CT molecular complexity index is 315. The lowest BCUT2D eigenvalue weighted by molar-refractivity contribution is -0.126. The molecule has 1 amide bonds. The highest BCUT2D eigenvalue weighted by molar-refractivity contribution is 5.84. The number of rotatable bonds is 9. The summed E-state index contributed by atoms with van der Waals surface area (Å²) in [5.41, 5.74) is 5.29. The molecule has 4 heteroatoms. The maximum Gasteiger partial charge on any atom is 0.237 e. The predicted octanol–water partition coefficient (Wildman–Crippen LogP) is 2.38. The van der Waals surface area contributed by atoms with E-state index in [0.29, 0.717) is 11.8 Å². The lowest BCUT2D eigenvalue weighted by Gasteiger charge is -2.40. The van der Waals surface area contributed by atoms with Crippen molar-refractivity contribution in [2.45, 2.75) is 65.3 Å². The van der Waals surface area contributed by atoms with Gasteiger partial charge < -0.3 is 16.0 Å². The van der Waals surface area contributed by atoms with Crippen LogP contribution < -0.4 is 11.1 Å². The molecule has 0 radical (unpaired) electrons. The molecule has 1 fully saturated rings. The van der Waals surface area contributed by atoms with Crippen molar-refractivity contribution >= 4 is 5.91 Å². The third kappa shape index (κ3) is 5.59. The smallest absolute Gasteiger partial charge is 0.237 e. The SMILES string of the molecule is CCN(CC)CCNC1(C(N)=O)CCCC(CC(C)C)C1. The molecule has 0 heterocycles. The van der Waals surface area contributed by atoms with E-state index in [4.69, 9.17) is 5.73 Å². The molecular formula is C17H35N3O. The van der Waals surface area contributed by atoms with Crippen LogP contribution in [0.2, 0.25) is 0 Å². The Morgan fingerprint density at radius 3 is 2.57 bits per heavy atom. The minimum Gasteiger partial charge on any atom is -0.368 e. The van der Waals surface area contributed by atoms with Crippen LogP contribution in [0, 0.1) is 11.8 Å². The number of amides is 1. The molecule has 124 valence electrons. The van der Waals surface area contributed by atoms with E-state index in [1.54, 1.807) is 0 Å². The standard InChI is InChI=1S/C17H35N3O/c1-5-20(6-2)11-10-19-17(16(18)21)9-7-8-15(13-17)12-14(3)4/h14-15,19H,5-13H2,1-4H3,(H2,18,21). The number of nitrogens with zero attached hydrogens (tertiary/aromatic N) is 1.